The third-order valence-corrected chi connectivity index (χ3v) is 3.27. The minimum atomic E-state index is -0.217. The Kier molecular flexibility index (Phi) is 5.30. The first-order chi connectivity index (χ1) is 10.6. The summed E-state index contributed by atoms with van der Waals surface area (Å²) in [5.74, 6) is 0.977. The summed E-state index contributed by atoms with van der Waals surface area (Å²) in [5, 5.41) is 2.78. The first-order valence-electron chi connectivity index (χ1n) is 7.03. The second-order valence-electron chi connectivity index (χ2n) is 4.96. The van der Waals surface area contributed by atoms with Gasteiger partial charge in [-0.1, -0.05) is 0 Å². The van der Waals surface area contributed by atoms with Gasteiger partial charge in [0.25, 0.3) is 0 Å². The molecule has 0 aromatic carbocycles. The Hall–Kier alpha value is -2.63. The number of hydrogen-bond donors (Lipinski definition) is 1. The molecule has 116 valence electrons. The number of urea groups is 1. The van der Waals surface area contributed by atoms with E-state index in [0.717, 1.165) is 17.7 Å². The highest BCUT2D eigenvalue weighted by Gasteiger charge is 2.13. The van der Waals surface area contributed by atoms with Gasteiger partial charge < -0.3 is 9.64 Å². The minimum absolute atomic E-state index is 0.217. The van der Waals surface area contributed by atoms with E-state index in [4.69, 9.17) is 4.74 Å². The summed E-state index contributed by atoms with van der Waals surface area (Å²) in [7, 11) is 3.30. The van der Waals surface area contributed by atoms with Gasteiger partial charge in [-0.25, -0.2) is 9.78 Å². The fraction of sp³-hybridized carbons (Fsp3) is 0.312. The molecule has 0 aliphatic heterocycles. The van der Waals surface area contributed by atoms with E-state index in [1.165, 1.54) is 0 Å². The molecule has 0 radical (unpaired) electrons. The zero-order valence-electron chi connectivity index (χ0n) is 13.0. The Balaban J connectivity index is 1.95. The average Bonchev–Trinajstić information content (AvgIpc) is 2.53. The predicted octanol–water partition coefficient (Wildman–Crippen LogP) is 2.50. The SMILES string of the molecule is COc1ccc(C)nc1NC(=O)N(C)CCc1ccncc1. The molecule has 2 aromatic rings. The highest BCUT2D eigenvalue weighted by Crippen LogP contribution is 2.21. The third-order valence-electron chi connectivity index (χ3n) is 3.27. The molecule has 2 aromatic heterocycles. The van der Waals surface area contributed by atoms with Gasteiger partial charge in [0.2, 0.25) is 0 Å². The molecule has 0 atom stereocenters. The molecule has 2 heterocycles. The van der Waals surface area contributed by atoms with E-state index in [0.29, 0.717) is 18.1 Å². The van der Waals surface area contributed by atoms with Gasteiger partial charge in [-0.15, -0.1) is 0 Å². The van der Waals surface area contributed by atoms with Crippen LogP contribution in [0.4, 0.5) is 10.6 Å². The second kappa shape index (κ2) is 7.40. The summed E-state index contributed by atoms with van der Waals surface area (Å²) in [4.78, 5) is 22.1. The molecule has 22 heavy (non-hydrogen) atoms. The molecule has 0 bridgehead atoms. The molecule has 0 spiro atoms. The molecule has 0 saturated heterocycles. The molecule has 2 rings (SSSR count). The molecule has 0 fully saturated rings. The maximum Gasteiger partial charge on any atom is 0.322 e. The van der Waals surface area contributed by atoms with E-state index < -0.39 is 0 Å². The third kappa shape index (κ3) is 4.18. The van der Waals surface area contributed by atoms with Gasteiger partial charge in [-0.3, -0.25) is 10.3 Å². The van der Waals surface area contributed by atoms with Gasteiger partial charge in [0.05, 0.1) is 7.11 Å². The van der Waals surface area contributed by atoms with E-state index in [1.807, 2.05) is 25.1 Å². The highest BCUT2D eigenvalue weighted by atomic mass is 16.5. The Morgan fingerprint density at radius 2 is 2.00 bits per heavy atom. The Morgan fingerprint density at radius 3 is 2.68 bits per heavy atom. The number of amides is 2. The number of hydrogen-bond acceptors (Lipinski definition) is 4. The lowest BCUT2D eigenvalue weighted by molar-refractivity contribution is 0.223. The molecule has 6 heteroatoms. The Bertz CT molecular complexity index is 631. The van der Waals surface area contributed by atoms with Gasteiger partial charge >= 0.3 is 6.03 Å². The number of aromatic nitrogens is 2. The Labute approximate surface area is 130 Å². The van der Waals surface area contributed by atoms with Crippen LogP contribution in [0, 0.1) is 6.92 Å². The van der Waals surface area contributed by atoms with Crippen LogP contribution in [0.15, 0.2) is 36.7 Å². The van der Waals surface area contributed by atoms with E-state index in [-0.39, 0.29) is 6.03 Å². The van der Waals surface area contributed by atoms with Crippen molar-refractivity contribution in [2.24, 2.45) is 0 Å². The quantitative estimate of drug-likeness (QED) is 0.921. The first kappa shape index (κ1) is 15.8. The van der Waals surface area contributed by atoms with Crippen LogP contribution in [0.25, 0.3) is 0 Å². The summed E-state index contributed by atoms with van der Waals surface area (Å²) in [6.07, 6.45) is 4.26. The van der Waals surface area contributed by atoms with Crippen LogP contribution in [-0.4, -0.2) is 41.6 Å². The summed E-state index contributed by atoms with van der Waals surface area (Å²) >= 11 is 0. The topological polar surface area (TPSA) is 67.3 Å². The molecule has 2 amide bonds. The standard InChI is InChI=1S/C16H20N4O2/c1-12-4-5-14(22-3)15(18-12)19-16(21)20(2)11-8-13-6-9-17-10-7-13/h4-7,9-10H,8,11H2,1-3H3,(H,18,19,21). The molecule has 0 unspecified atom stereocenters. The van der Waals surface area contributed by atoms with Crippen LogP contribution in [0.1, 0.15) is 11.3 Å². The molecular formula is C16H20N4O2. The maximum absolute atomic E-state index is 12.2. The lowest BCUT2D eigenvalue weighted by atomic mass is 10.2. The lowest BCUT2D eigenvalue weighted by Gasteiger charge is -2.18. The number of rotatable bonds is 5. The van der Waals surface area contributed by atoms with Gasteiger partial charge in [-0.2, -0.15) is 0 Å². The molecule has 0 saturated carbocycles. The van der Waals surface area contributed by atoms with E-state index in [1.54, 1.807) is 37.5 Å². The van der Waals surface area contributed by atoms with Crippen LogP contribution in [-0.2, 0) is 6.42 Å². The predicted molar refractivity (Wildman–Crippen MR) is 85.1 cm³/mol. The number of likely N-dealkylation sites (N-methyl/N-ethyl adjacent to an activating group) is 1. The largest absolute Gasteiger partial charge is 0.493 e. The van der Waals surface area contributed by atoms with Gasteiger partial charge in [0.1, 0.15) is 0 Å². The van der Waals surface area contributed by atoms with E-state index >= 15 is 0 Å². The number of methoxy groups -OCH3 is 1. The fourth-order valence-corrected chi connectivity index (χ4v) is 1.94. The summed E-state index contributed by atoms with van der Waals surface area (Å²) in [6, 6.07) is 7.29. The van der Waals surface area contributed by atoms with E-state index in [9.17, 15) is 4.79 Å². The highest BCUT2D eigenvalue weighted by molar-refractivity contribution is 5.89. The van der Waals surface area contributed by atoms with Crippen molar-refractivity contribution >= 4 is 11.8 Å². The van der Waals surface area contributed by atoms with Crippen molar-refractivity contribution in [3.8, 4) is 5.75 Å². The maximum atomic E-state index is 12.2. The van der Waals surface area contributed by atoms with Crippen molar-refractivity contribution in [2.45, 2.75) is 13.3 Å². The summed E-state index contributed by atoms with van der Waals surface area (Å²) in [6.45, 7) is 2.46. The Morgan fingerprint density at radius 1 is 1.27 bits per heavy atom. The number of aryl methyl sites for hydroxylation is 1. The van der Waals surface area contributed by atoms with Crippen LogP contribution < -0.4 is 10.1 Å². The summed E-state index contributed by atoms with van der Waals surface area (Å²) < 4.78 is 5.21. The minimum Gasteiger partial charge on any atom is -0.493 e. The smallest absolute Gasteiger partial charge is 0.322 e. The number of nitrogens with zero attached hydrogens (tertiary/aromatic N) is 3. The number of carbonyl (C=O) groups excluding carboxylic acids is 1. The number of carbonyl (C=O) groups is 1. The van der Waals surface area contributed by atoms with Crippen molar-refractivity contribution in [3.63, 3.8) is 0 Å². The van der Waals surface area contributed by atoms with Crippen molar-refractivity contribution in [1.82, 2.24) is 14.9 Å². The van der Waals surface area contributed by atoms with Crippen LogP contribution in [0.3, 0.4) is 0 Å². The molecular weight excluding hydrogens is 280 g/mol. The van der Waals surface area contributed by atoms with Crippen LogP contribution >= 0.6 is 0 Å². The van der Waals surface area contributed by atoms with Crippen molar-refractivity contribution in [3.05, 3.63) is 47.9 Å². The van der Waals surface area contributed by atoms with Gasteiger partial charge in [-0.05, 0) is 43.2 Å². The molecule has 0 aliphatic carbocycles. The number of anilines is 1. The lowest BCUT2D eigenvalue weighted by Crippen LogP contribution is -2.33. The summed E-state index contributed by atoms with van der Waals surface area (Å²) in [5.41, 5.74) is 1.96. The van der Waals surface area contributed by atoms with Crippen LogP contribution in [0.5, 0.6) is 5.75 Å². The van der Waals surface area contributed by atoms with Crippen molar-refractivity contribution in [1.29, 1.82) is 0 Å². The zero-order valence-corrected chi connectivity index (χ0v) is 13.0. The monoisotopic (exact) mass is 300 g/mol. The normalized spacial score (nSPS) is 10.1. The van der Waals surface area contributed by atoms with Gasteiger partial charge in [0, 0.05) is 31.7 Å². The van der Waals surface area contributed by atoms with E-state index in [2.05, 4.69) is 15.3 Å². The van der Waals surface area contributed by atoms with Crippen molar-refractivity contribution in [2.75, 3.05) is 26.0 Å². The second-order valence-corrected chi connectivity index (χ2v) is 4.96. The molecule has 6 nitrogen and oxygen atoms in total. The van der Waals surface area contributed by atoms with Gasteiger partial charge in [0.15, 0.2) is 11.6 Å². The first-order valence-corrected chi connectivity index (χ1v) is 7.03. The van der Waals surface area contributed by atoms with Crippen molar-refractivity contribution < 1.29 is 9.53 Å². The number of pyridine rings is 2. The average molecular weight is 300 g/mol. The molecule has 0 aliphatic rings. The molecule has 1 N–H and O–H groups in total. The number of nitrogens with one attached hydrogen (secondary N) is 1. The zero-order chi connectivity index (χ0) is 15.9. The fourth-order valence-electron chi connectivity index (χ4n) is 1.94. The number of ether oxygens (including phenoxy) is 1. The van der Waals surface area contributed by atoms with Crippen LogP contribution in [0.2, 0.25) is 0 Å².